The number of carbonyl (C=O) groups excluding carboxylic acids is 2. The van der Waals surface area contributed by atoms with Gasteiger partial charge in [-0.3, -0.25) is 9.59 Å². The highest BCUT2D eigenvalue weighted by Crippen LogP contribution is 2.17. The van der Waals surface area contributed by atoms with Gasteiger partial charge in [0.15, 0.2) is 5.78 Å². The van der Waals surface area contributed by atoms with Crippen LogP contribution >= 0.6 is 0 Å². The molecule has 0 fully saturated rings. The lowest BCUT2D eigenvalue weighted by Crippen LogP contribution is -2.57. The maximum Gasteiger partial charge on any atom is 0.237 e. The number of Topliss-reactive ketones (excluding diaryl/α,β-unsaturated/α-hetero) is 1. The van der Waals surface area contributed by atoms with Crippen molar-refractivity contribution in [3.63, 3.8) is 0 Å². The van der Waals surface area contributed by atoms with E-state index in [9.17, 15) is 9.59 Å². The molecule has 0 heterocycles. The normalized spacial score (nSPS) is 15.9. The zero-order valence-electron chi connectivity index (χ0n) is 14.5. The van der Waals surface area contributed by atoms with E-state index in [2.05, 4.69) is 10.6 Å². The molecule has 1 amide bonds. The van der Waals surface area contributed by atoms with E-state index in [0.29, 0.717) is 0 Å². The van der Waals surface area contributed by atoms with Gasteiger partial charge in [-0.2, -0.15) is 0 Å². The summed E-state index contributed by atoms with van der Waals surface area (Å²) < 4.78 is 0. The lowest BCUT2D eigenvalue weighted by molar-refractivity contribution is -0.133. The summed E-state index contributed by atoms with van der Waals surface area (Å²) in [5.74, 6) is 0.0929. The van der Waals surface area contributed by atoms with Crippen LogP contribution in [0.1, 0.15) is 62.3 Å². The molecule has 0 spiro atoms. The Morgan fingerprint density at radius 1 is 0.900 bits per heavy atom. The third-order valence-corrected chi connectivity index (χ3v) is 3.03. The summed E-state index contributed by atoms with van der Waals surface area (Å²) >= 11 is 0. The fourth-order valence-electron chi connectivity index (χ4n) is 2.02. The first-order valence-electron chi connectivity index (χ1n) is 7.38. The van der Waals surface area contributed by atoms with Crippen molar-refractivity contribution in [2.45, 2.75) is 79.9 Å². The van der Waals surface area contributed by atoms with E-state index in [1.165, 1.54) is 0 Å². The predicted molar refractivity (Wildman–Crippen MR) is 83.6 cm³/mol. The quantitative estimate of drug-likeness (QED) is 0.815. The van der Waals surface area contributed by atoms with Crippen molar-refractivity contribution < 1.29 is 9.59 Å². The highest BCUT2D eigenvalue weighted by atomic mass is 16.2. The third-order valence-electron chi connectivity index (χ3n) is 3.03. The topological polar surface area (TPSA) is 58.2 Å². The van der Waals surface area contributed by atoms with Gasteiger partial charge in [-0.05, 0) is 33.6 Å². The molecule has 0 aliphatic carbocycles. The van der Waals surface area contributed by atoms with Gasteiger partial charge < -0.3 is 10.6 Å². The Kier molecular flexibility index (Phi) is 6.40. The second-order valence-corrected chi connectivity index (χ2v) is 7.96. The standard InChI is InChI=1S/C16H32N2O2/c1-10(2)12(18-16(7,8)9)14(20)17-11(3)13(19)15(4,5)6/h10-12,18H,1-9H3,(H,17,20)/t11-,12?/m0/s1. The molecule has 0 aliphatic rings. The van der Waals surface area contributed by atoms with Crippen LogP contribution in [0.25, 0.3) is 0 Å². The van der Waals surface area contributed by atoms with Gasteiger partial charge in [-0.25, -0.2) is 0 Å². The first kappa shape index (κ1) is 19.1. The predicted octanol–water partition coefficient (Wildman–Crippen LogP) is 2.52. The summed E-state index contributed by atoms with van der Waals surface area (Å²) in [5.41, 5.74) is -0.596. The Labute approximate surface area is 124 Å². The number of carbonyl (C=O) groups is 2. The Balaban J connectivity index is 4.83. The number of rotatable bonds is 5. The van der Waals surface area contributed by atoms with E-state index >= 15 is 0 Å². The maximum absolute atomic E-state index is 12.4. The average Bonchev–Trinajstić information content (AvgIpc) is 2.21. The van der Waals surface area contributed by atoms with Crippen LogP contribution in [0.5, 0.6) is 0 Å². The Morgan fingerprint density at radius 3 is 1.65 bits per heavy atom. The highest BCUT2D eigenvalue weighted by molar-refractivity contribution is 5.93. The van der Waals surface area contributed by atoms with Crippen LogP contribution in [-0.4, -0.2) is 29.3 Å². The summed E-state index contributed by atoms with van der Waals surface area (Å²) in [7, 11) is 0. The molecular weight excluding hydrogens is 252 g/mol. The fraction of sp³-hybridized carbons (Fsp3) is 0.875. The van der Waals surface area contributed by atoms with Crippen LogP contribution in [0.4, 0.5) is 0 Å². The minimum absolute atomic E-state index is 0.0455. The lowest BCUT2D eigenvalue weighted by atomic mass is 9.87. The maximum atomic E-state index is 12.4. The van der Waals surface area contributed by atoms with E-state index < -0.39 is 11.5 Å². The molecule has 4 heteroatoms. The largest absolute Gasteiger partial charge is 0.345 e. The van der Waals surface area contributed by atoms with Crippen molar-refractivity contribution in [1.82, 2.24) is 10.6 Å². The number of ketones is 1. The molecule has 0 rings (SSSR count). The van der Waals surface area contributed by atoms with E-state index in [1.54, 1.807) is 6.92 Å². The second-order valence-electron chi connectivity index (χ2n) is 7.96. The SMILES string of the molecule is CC(C)C(NC(C)(C)C)C(=O)N[C@@H](C)C(=O)C(C)(C)C. The summed E-state index contributed by atoms with van der Waals surface area (Å²) in [6.07, 6.45) is 0. The van der Waals surface area contributed by atoms with Crippen LogP contribution < -0.4 is 10.6 Å². The van der Waals surface area contributed by atoms with Crippen molar-refractivity contribution in [2.24, 2.45) is 11.3 Å². The van der Waals surface area contributed by atoms with Gasteiger partial charge >= 0.3 is 0 Å². The van der Waals surface area contributed by atoms with E-state index in [0.717, 1.165) is 0 Å². The van der Waals surface area contributed by atoms with Crippen LogP contribution in [0, 0.1) is 11.3 Å². The molecule has 118 valence electrons. The van der Waals surface area contributed by atoms with Gasteiger partial charge in [0.05, 0.1) is 12.1 Å². The molecule has 0 aliphatic heterocycles. The first-order chi connectivity index (χ1) is 8.75. The molecule has 0 bridgehead atoms. The molecular formula is C16H32N2O2. The van der Waals surface area contributed by atoms with Crippen molar-refractivity contribution in [1.29, 1.82) is 0 Å². The number of amides is 1. The molecule has 0 radical (unpaired) electrons. The van der Waals surface area contributed by atoms with Gasteiger partial charge in [-0.1, -0.05) is 34.6 Å². The molecule has 0 aromatic carbocycles. The zero-order chi connectivity index (χ0) is 16.3. The molecule has 1 unspecified atom stereocenters. The van der Waals surface area contributed by atoms with Crippen LogP contribution in [0.2, 0.25) is 0 Å². The van der Waals surface area contributed by atoms with Crippen molar-refractivity contribution in [2.75, 3.05) is 0 Å². The van der Waals surface area contributed by atoms with Crippen molar-refractivity contribution in [3.05, 3.63) is 0 Å². The molecule has 20 heavy (non-hydrogen) atoms. The lowest BCUT2D eigenvalue weighted by Gasteiger charge is -2.31. The highest BCUT2D eigenvalue weighted by Gasteiger charge is 2.31. The van der Waals surface area contributed by atoms with Crippen LogP contribution in [-0.2, 0) is 9.59 Å². The van der Waals surface area contributed by atoms with Crippen LogP contribution in [0.3, 0.4) is 0 Å². The van der Waals surface area contributed by atoms with Gasteiger partial charge in [0, 0.05) is 11.0 Å². The first-order valence-corrected chi connectivity index (χ1v) is 7.38. The van der Waals surface area contributed by atoms with Gasteiger partial charge in [0.25, 0.3) is 0 Å². The van der Waals surface area contributed by atoms with E-state index in [1.807, 2.05) is 55.4 Å². The number of nitrogens with one attached hydrogen (secondary N) is 2. The van der Waals surface area contributed by atoms with Crippen molar-refractivity contribution >= 4 is 11.7 Å². The Bertz CT molecular complexity index is 348. The summed E-state index contributed by atoms with van der Waals surface area (Å²) in [6, 6.07) is -0.768. The van der Waals surface area contributed by atoms with Crippen molar-refractivity contribution in [3.8, 4) is 0 Å². The van der Waals surface area contributed by atoms with Gasteiger partial charge in [0.1, 0.15) is 0 Å². The molecule has 0 aromatic rings. The molecule has 2 N–H and O–H groups in total. The van der Waals surface area contributed by atoms with Gasteiger partial charge in [0.2, 0.25) is 5.91 Å². The summed E-state index contributed by atoms with van der Waals surface area (Å²) in [6.45, 7) is 17.4. The number of hydrogen-bond donors (Lipinski definition) is 2. The summed E-state index contributed by atoms with van der Waals surface area (Å²) in [5, 5.41) is 6.15. The molecule has 0 saturated carbocycles. The molecule has 2 atom stereocenters. The number of hydrogen-bond acceptors (Lipinski definition) is 3. The molecule has 4 nitrogen and oxygen atoms in total. The van der Waals surface area contributed by atoms with Gasteiger partial charge in [-0.15, -0.1) is 0 Å². The summed E-state index contributed by atoms with van der Waals surface area (Å²) in [4.78, 5) is 24.5. The fourth-order valence-corrected chi connectivity index (χ4v) is 2.02. The minimum atomic E-state index is -0.467. The third kappa shape index (κ3) is 6.51. The molecule has 0 aromatic heterocycles. The van der Waals surface area contributed by atoms with Crippen LogP contribution in [0.15, 0.2) is 0 Å². The van der Waals surface area contributed by atoms with E-state index in [4.69, 9.17) is 0 Å². The second kappa shape index (κ2) is 6.70. The monoisotopic (exact) mass is 284 g/mol. The smallest absolute Gasteiger partial charge is 0.237 e. The minimum Gasteiger partial charge on any atom is -0.345 e. The molecule has 0 saturated heterocycles. The Hall–Kier alpha value is -0.900. The average molecular weight is 284 g/mol. The van der Waals surface area contributed by atoms with E-state index in [-0.39, 0.29) is 29.2 Å². The Morgan fingerprint density at radius 2 is 1.35 bits per heavy atom. The zero-order valence-corrected chi connectivity index (χ0v) is 14.5.